The molecule has 0 aromatic heterocycles. The van der Waals surface area contributed by atoms with E-state index in [1.165, 1.54) is 70.2 Å². The van der Waals surface area contributed by atoms with Gasteiger partial charge in [-0.2, -0.15) is 59.7 Å². The molecule has 0 bridgehead atoms. The van der Waals surface area contributed by atoms with Gasteiger partial charge in [0.15, 0.2) is 0 Å². The van der Waals surface area contributed by atoms with Crippen LogP contribution in [0, 0.1) is 12.1 Å². The Labute approximate surface area is 347 Å². The van der Waals surface area contributed by atoms with Crippen LogP contribution in [0.3, 0.4) is 0 Å². The van der Waals surface area contributed by atoms with Crippen LogP contribution >= 0.6 is 0 Å². The van der Waals surface area contributed by atoms with E-state index in [1.807, 2.05) is 12.1 Å². The van der Waals surface area contributed by atoms with E-state index in [-0.39, 0.29) is 76.5 Å². The average molecular weight is 1040 g/mol. The minimum Gasteiger partial charge on any atom is -1.00 e. The molecule has 4 aromatic carbocycles. The summed E-state index contributed by atoms with van der Waals surface area (Å²) in [7, 11) is 1.50. The van der Waals surface area contributed by atoms with Gasteiger partial charge in [-0.3, -0.25) is 0 Å². The Kier molecular flexibility index (Phi) is 30.2. The Balaban J connectivity index is 0. The first-order valence-electron chi connectivity index (χ1n) is 16.6. The molecule has 4 aliphatic rings. The van der Waals surface area contributed by atoms with E-state index in [4.69, 9.17) is 11.5 Å². The second-order valence-corrected chi connectivity index (χ2v) is 14.2. The van der Waals surface area contributed by atoms with Gasteiger partial charge < -0.3 is 36.3 Å². The summed E-state index contributed by atoms with van der Waals surface area (Å²) in [5, 5.41) is 0. The zero-order valence-corrected chi connectivity index (χ0v) is 40.2. The third-order valence-corrected chi connectivity index (χ3v) is 7.94. The minimum absolute atomic E-state index is 0. The minimum atomic E-state index is 0. The molecular formula is C40H52Cl2Hf2N2Si2-6. The number of hydrogen-bond acceptors (Lipinski definition) is 0. The van der Waals surface area contributed by atoms with Crippen LogP contribution in [-0.2, 0) is 64.5 Å². The number of nitrogens with one attached hydrogen (secondary N) is 2. The normalized spacial score (nSPS) is 13.8. The quantitative estimate of drug-likeness (QED) is 0.150. The Morgan fingerprint density at radius 1 is 0.500 bits per heavy atom. The number of hydrogen-bond donors (Lipinski definition) is 0. The van der Waals surface area contributed by atoms with E-state index in [0.717, 1.165) is 57.6 Å². The number of rotatable bonds is 0. The molecule has 2 radical (unpaired) electrons. The molecule has 2 N–H and O–H groups in total. The summed E-state index contributed by atoms with van der Waals surface area (Å²) in [5.41, 5.74) is 25.3. The van der Waals surface area contributed by atoms with E-state index < -0.39 is 0 Å². The number of benzene rings is 4. The smallest absolute Gasteiger partial charge is 0.0213 e. The molecule has 8 heteroatoms. The van der Waals surface area contributed by atoms with Crippen molar-refractivity contribution >= 4 is 19.0 Å². The number of halogens is 2. The molecule has 0 unspecified atom stereocenters. The predicted molar refractivity (Wildman–Crippen MR) is 198 cm³/mol. The maximum atomic E-state index is 7.13. The molecule has 2 nitrogen and oxygen atoms in total. The second kappa shape index (κ2) is 29.2. The van der Waals surface area contributed by atoms with Crippen molar-refractivity contribution in [3.05, 3.63) is 131 Å². The fourth-order valence-electron chi connectivity index (χ4n) is 5.85. The summed E-state index contributed by atoms with van der Waals surface area (Å²) in [6.45, 7) is 8.83. The maximum absolute atomic E-state index is 7.13. The van der Waals surface area contributed by atoms with Crippen molar-refractivity contribution in [2.75, 3.05) is 0 Å². The molecule has 2 fully saturated rings. The molecule has 2 saturated carbocycles. The molecule has 4 aromatic rings. The third kappa shape index (κ3) is 16.7. The summed E-state index contributed by atoms with van der Waals surface area (Å²) in [5.74, 6) is 0. The Bertz CT molecular complexity index is 1190. The Morgan fingerprint density at radius 2 is 0.792 bits per heavy atom. The van der Waals surface area contributed by atoms with E-state index in [9.17, 15) is 0 Å². The molecule has 4 aliphatic carbocycles. The topological polar surface area (TPSA) is 47.6 Å². The largest absolute Gasteiger partial charge is 1.00 e. The molecule has 0 atom stereocenters. The first-order valence-corrected chi connectivity index (χ1v) is 21.2. The van der Waals surface area contributed by atoms with E-state index >= 15 is 0 Å². The summed E-state index contributed by atoms with van der Waals surface area (Å²) in [4.78, 5) is 0. The first-order chi connectivity index (χ1) is 21.5. The van der Waals surface area contributed by atoms with Gasteiger partial charge in [0.05, 0.1) is 0 Å². The van der Waals surface area contributed by atoms with Crippen molar-refractivity contribution in [2.45, 2.75) is 102 Å². The zero-order chi connectivity index (χ0) is 31.6. The Morgan fingerprint density at radius 3 is 1.08 bits per heavy atom. The standard InChI is InChI=1S/2C13H9.2C5H10N.2C2H7Si.2ClH.2Hf/c2*1-3-7-12-10(5-1)9-11-6-2-4-8-13(11)12;2*6-5-3-1-2-4-5;2*1-3-2;;;;/h2*1-5,7-8H,9H2;2*5-6H,1-4H2;2*3H,1-2H3;2*1H;;/q4*-1;;;;;;/p-2. The molecule has 0 amide bonds. The molecule has 8 rings (SSSR count). The molecule has 0 spiro atoms. The number of fused-ring (bicyclic) bond motifs is 6. The fourth-order valence-corrected chi connectivity index (χ4v) is 5.85. The zero-order valence-electron chi connectivity index (χ0n) is 29.2. The molecule has 0 heterocycles. The van der Waals surface area contributed by atoms with Crippen LogP contribution in [0.5, 0.6) is 0 Å². The summed E-state index contributed by atoms with van der Waals surface area (Å²) >= 11 is 0. The van der Waals surface area contributed by atoms with Crippen molar-refractivity contribution in [2.24, 2.45) is 0 Å². The van der Waals surface area contributed by atoms with Crippen molar-refractivity contribution in [1.82, 2.24) is 0 Å². The van der Waals surface area contributed by atoms with Gasteiger partial charge in [0.2, 0.25) is 0 Å². The van der Waals surface area contributed by atoms with Crippen LogP contribution in [0.2, 0.25) is 26.2 Å². The van der Waals surface area contributed by atoms with Gasteiger partial charge >= 0.3 is 0 Å². The average Bonchev–Trinajstić information content (AvgIpc) is 3.86. The maximum Gasteiger partial charge on any atom is 0.0213 e. The first kappa shape index (κ1) is 49.7. The molecular weight excluding hydrogens is 993 g/mol. The molecule has 48 heavy (non-hydrogen) atoms. The molecule has 258 valence electrons. The SMILES string of the molecule is C[SiH]C.C[SiH]C.[Cl-].[Cl-].[Hf].[Hf].[NH-]C1CCCC1.[NH-]C1CCCC1.[c-]1cccc2c1Cc1ccccc1-2.[c-]1cccc2c1Cc1ccccc1-2. The van der Waals surface area contributed by atoms with E-state index in [0.29, 0.717) is 12.1 Å². The van der Waals surface area contributed by atoms with Gasteiger partial charge in [-0.1, -0.05) is 148 Å². The summed E-state index contributed by atoms with van der Waals surface area (Å²) in [6, 6.07) is 36.8. The van der Waals surface area contributed by atoms with Crippen LogP contribution in [0.25, 0.3) is 33.7 Å². The van der Waals surface area contributed by atoms with Gasteiger partial charge in [0.1, 0.15) is 0 Å². The van der Waals surface area contributed by atoms with Crippen molar-refractivity contribution in [1.29, 1.82) is 0 Å². The van der Waals surface area contributed by atoms with Gasteiger partial charge in [0.25, 0.3) is 0 Å². The predicted octanol–water partition coefficient (Wildman–Crippen LogP) is 5.12. The van der Waals surface area contributed by atoms with Gasteiger partial charge in [-0.25, -0.2) is 0 Å². The summed E-state index contributed by atoms with van der Waals surface area (Å²) < 4.78 is 0. The van der Waals surface area contributed by atoms with Crippen LogP contribution < -0.4 is 24.8 Å². The van der Waals surface area contributed by atoms with Gasteiger partial charge in [-0.15, -0.1) is 23.2 Å². The summed E-state index contributed by atoms with van der Waals surface area (Å²) in [6.07, 6.45) is 11.9. The molecule has 0 aliphatic heterocycles. The van der Waals surface area contributed by atoms with Crippen molar-refractivity contribution in [3.63, 3.8) is 0 Å². The monoisotopic (exact) mass is 1050 g/mol. The van der Waals surface area contributed by atoms with E-state index in [2.05, 4.69) is 111 Å². The van der Waals surface area contributed by atoms with Crippen LogP contribution in [-0.4, -0.2) is 31.1 Å². The van der Waals surface area contributed by atoms with Crippen molar-refractivity contribution < 1.29 is 76.5 Å². The van der Waals surface area contributed by atoms with Crippen LogP contribution in [0.1, 0.15) is 73.6 Å². The Hall–Kier alpha value is -0.446. The molecule has 0 saturated heterocycles. The van der Waals surface area contributed by atoms with E-state index in [1.54, 1.807) is 0 Å². The fraction of sp³-hybridized carbons (Fsp3) is 0.400. The van der Waals surface area contributed by atoms with Crippen LogP contribution in [0.4, 0.5) is 0 Å². The third-order valence-electron chi connectivity index (χ3n) is 7.94. The van der Waals surface area contributed by atoms with Gasteiger partial charge in [0, 0.05) is 70.7 Å². The van der Waals surface area contributed by atoms with Crippen molar-refractivity contribution in [3.8, 4) is 22.3 Å². The van der Waals surface area contributed by atoms with Gasteiger partial charge in [-0.05, 0) is 12.8 Å². The van der Waals surface area contributed by atoms with Crippen LogP contribution in [0.15, 0.2) is 84.9 Å². The second-order valence-electron chi connectivity index (χ2n) is 11.9.